The maximum absolute atomic E-state index is 12.0. The van der Waals surface area contributed by atoms with E-state index in [1.807, 2.05) is 43.9 Å². The van der Waals surface area contributed by atoms with E-state index in [1.54, 1.807) is 0 Å². The van der Waals surface area contributed by atoms with Crippen LogP contribution in [0.15, 0.2) is 18.2 Å². The van der Waals surface area contributed by atoms with Gasteiger partial charge in [0, 0.05) is 19.1 Å². The van der Waals surface area contributed by atoms with Crippen molar-refractivity contribution in [2.24, 2.45) is 5.73 Å². The number of carbonyl (C=O) groups excluding carboxylic acids is 1. The van der Waals surface area contributed by atoms with Crippen molar-refractivity contribution >= 4 is 23.2 Å². The number of benzene rings is 1. The first kappa shape index (κ1) is 14.2. The molecule has 1 amide bonds. The Balaban J connectivity index is 2.38. The lowest BCUT2D eigenvalue weighted by Crippen LogP contribution is -2.62. The van der Waals surface area contributed by atoms with Gasteiger partial charge in [-0.05, 0) is 38.5 Å². The van der Waals surface area contributed by atoms with Crippen molar-refractivity contribution in [3.8, 4) is 0 Å². The summed E-state index contributed by atoms with van der Waals surface area (Å²) in [6.45, 7) is 7.10. The van der Waals surface area contributed by atoms with Gasteiger partial charge in [-0.3, -0.25) is 4.79 Å². The molecule has 0 unspecified atom stereocenters. The lowest BCUT2D eigenvalue weighted by atomic mass is 9.97. The molecule has 1 atom stereocenters. The Bertz CT molecular complexity index is 499. The fraction of sp³-hybridized carbons (Fsp3) is 0.500. The lowest BCUT2D eigenvalue weighted by molar-refractivity contribution is -0.126. The lowest BCUT2D eigenvalue weighted by Gasteiger charge is -2.43. The molecule has 1 aromatic carbocycles. The van der Waals surface area contributed by atoms with E-state index < -0.39 is 5.54 Å². The number of nitrogens with zero attached hydrogens (tertiary/aromatic N) is 1. The molecule has 19 heavy (non-hydrogen) atoms. The van der Waals surface area contributed by atoms with Crippen LogP contribution in [0.2, 0.25) is 5.02 Å². The average Bonchev–Trinajstić information content (AvgIpc) is 2.33. The summed E-state index contributed by atoms with van der Waals surface area (Å²) in [6, 6.07) is 5.74. The third-order valence-corrected chi connectivity index (χ3v) is 3.94. The highest BCUT2D eigenvalue weighted by Crippen LogP contribution is 2.33. The first-order valence-corrected chi connectivity index (χ1v) is 6.83. The summed E-state index contributed by atoms with van der Waals surface area (Å²) < 4.78 is 0. The second-order valence-electron chi connectivity index (χ2n) is 5.47. The Labute approximate surface area is 118 Å². The van der Waals surface area contributed by atoms with Crippen LogP contribution in [0.4, 0.5) is 5.69 Å². The van der Waals surface area contributed by atoms with Gasteiger partial charge in [0.2, 0.25) is 5.91 Å². The van der Waals surface area contributed by atoms with E-state index in [9.17, 15) is 4.79 Å². The van der Waals surface area contributed by atoms with E-state index in [1.165, 1.54) is 0 Å². The van der Waals surface area contributed by atoms with Crippen molar-refractivity contribution in [2.45, 2.75) is 32.4 Å². The topological polar surface area (TPSA) is 58.4 Å². The van der Waals surface area contributed by atoms with Crippen molar-refractivity contribution in [3.63, 3.8) is 0 Å². The number of carbonyl (C=O) groups is 1. The Kier molecular flexibility index (Phi) is 3.74. The number of piperazine rings is 1. The summed E-state index contributed by atoms with van der Waals surface area (Å²) in [5.74, 6) is 0.0195. The van der Waals surface area contributed by atoms with Crippen molar-refractivity contribution in [1.29, 1.82) is 0 Å². The monoisotopic (exact) mass is 281 g/mol. The predicted octanol–water partition coefficient (Wildman–Crippen LogP) is 2.07. The normalized spacial score (nSPS) is 20.1. The quantitative estimate of drug-likeness (QED) is 0.873. The molecule has 1 aliphatic heterocycles. The molecule has 0 radical (unpaired) electrons. The van der Waals surface area contributed by atoms with Gasteiger partial charge in [0.05, 0.1) is 10.7 Å². The van der Waals surface area contributed by atoms with Crippen LogP contribution in [-0.4, -0.2) is 24.5 Å². The molecule has 1 aliphatic rings. The highest BCUT2D eigenvalue weighted by atomic mass is 35.5. The van der Waals surface area contributed by atoms with Crippen LogP contribution in [0.5, 0.6) is 0 Å². The molecular formula is C14H20ClN3O. The summed E-state index contributed by atoms with van der Waals surface area (Å²) >= 11 is 6.35. The van der Waals surface area contributed by atoms with Crippen LogP contribution in [0.1, 0.15) is 32.4 Å². The van der Waals surface area contributed by atoms with Crippen LogP contribution in [0.25, 0.3) is 0 Å². The van der Waals surface area contributed by atoms with Crippen LogP contribution in [0.3, 0.4) is 0 Å². The fourth-order valence-electron chi connectivity index (χ4n) is 2.35. The first-order chi connectivity index (χ1) is 8.84. The molecule has 1 heterocycles. The van der Waals surface area contributed by atoms with Crippen LogP contribution < -0.4 is 16.0 Å². The summed E-state index contributed by atoms with van der Waals surface area (Å²) in [5.41, 5.74) is 7.12. The molecule has 2 rings (SSSR count). The summed E-state index contributed by atoms with van der Waals surface area (Å²) in [7, 11) is 0. The fourth-order valence-corrected chi connectivity index (χ4v) is 2.64. The number of nitrogens with two attached hydrogens (primary N) is 1. The second-order valence-corrected chi connectivity index (χ2v) is 5.87. The maximum atomic E-state index is 12.0. The van der Waals surface area contributed by atoms with Gasteiger partial charge < -0.3 is 16.0 Å². The van der Waals surface area contributed by atoms with Crippen LogP contribution >= 0.6 is 11.6 Å². The zero-order valence-electron chi connectivity index (χ0n) is 11.5. The number of amides is 1. The van der Waals surface area contributed by atoms with Gasteiger partial charge in [-0.2, -0.15) is 0 Å². The summed E-state index contributed by atoms with van der Waals surface area (Å²) in [6.07, 6.45) is 0. The molecule has 0 aliphatic carbocycles. The minimum Gasteiger partial charge on any atom is -0.355 e. The van der Waals surface area contributed by atoms with Crippen molar-refractivity contribution in [2.75, 3.05) is 18.0 Å². The molecule has 1 aromatic rings. The van der Waals surface area contributed by atoms with E-state index in [0.717, 1.165) is 17.8 Å². The highest BCUT2D eigenvalue weighted by molar-refractivity contribution is 6.33. The molecular weight excluding hydrogens is 262 g/mol. The van der Waals surface area contributed by atoms with Gasteiger partial charge in [0.25, 0.3) is 0 Å². The molecule has 0 saturated carbocycles. The van der Waals surface area contributed by atoms with E-state index in [-0.39, 0.29) is 11.9 Å². The number of hydrogen-bond donors (Lipinski definition) is 2. The molecule has 1 fully saturated rings. The molecule has 0 spiro atoms. The number of rotatable bonds is 2. The zero-order chi connectivity index (χ0) is 14.2. The minimum atomic E-state index is -0.599. The Morgan fingerprint density at radius 3 is 2.74 bits per heavy atom. The molecule has 3 N–H and O–H groups in total. The zero-order valence-corrected chi connectivity index (χ0v) is 12.3. The molecule has 5 heteroatoms. The molecule has 1 saturated heterocycles. The van der Waals surface area contributed by atoms with Gasteiger partial charge in [0.1, 0.15) is 5.54 Å². The van der Waals surface area contributed by atoms with E-state index in [0.29, 0.717) is 11.6 Å². The van der Waals surface area contributed by atoms with Gasteiger partial charge in [-0.25, -0.2) is 0 Å². The number of halogens is 1. The summed E-state index contributed by atoms with van der Waals surface area (Å²) in [5, 5.41) is 3.51. The Morgan fingerprint density at radius 1 is 1.47 bits per heavy atom. The van der Waals surface area contributed by atoms with Crippen LogP contribution in [-0.2, 0) is 4.79 Å². The third kappa shape index (κ3) is 2.55. The van der Waals surface area contributed by atoms with Gasteiger partial charge in [0.15, 0.2) is 0 Å². The van der Waals surface area contributed by atoms with Gasteiger partial charge in [-0.1, -0.05) is 17.7 Å². The standard InChI is InChI=1S/C14H20ClN3O/c1-9(16)10-4-5-12(11(15)8-10)18-7-6-17-13(19)14(18,2)3/h4-5,8-9H,6-7,16H2,1-3H3,(H,17,19)/t9-/m0/s1. The molecule has 0 aromatic heterocycles. The molecule has 4 nitrogen and oxygen atoms in total. The summed E-state index contributed by atoms with van der Waals surface area (Å²) in [4.78, 5) is 14.0. The van der Waals surface area contributed by atoms with Crippen LogP contribution in [0, 0.1) is 0 Å². The Hall–Kier alpha value is -1.26. The number of nitrogens with one attached hydrogen (secondary N) is 1. The SMILES string of the molecule is C[C@H](N)c1ccc(N2CCNC(=O)C2(C)C)c(Cl)c1. The maximum Gasteiger partial charge on any atom is 0.245 e. The predicted molar refractivity (Wildman–Crippen MR) is 78.5 cm³/mol. The van der Waals surface area contributed by atoms with Crippen molar-refractivity contribution in [3.05, 3.63) is 28.8 Å². The van der Waals surface area contributed by atoms with E-state index in [2.05, 4.69) is 5.32 Å². The average molecular weight is 282 g/mol. The minimum absolute atomic E-state index is 0.0195. The van der Waals surface area contributed by atoms with E-state index >= 15 is 0 Å². The molecule has 104 valence electrons. The third-order valence-electron chi connectivity index (χ3n) is 3.64. The van der Waals surface area contributed by atoms with Gasteiger partial charge in [-0.15, -0.1) is 0 Å². The largest absolute Gasteiger partial charge is 0.355 e. The number of hydrogen-bond acceptors (Lipinski definition) is 3. The van der Waals surface area contributed by atoms with Gasteiger partial charge >= 0.3 is 0 Å². The Morgan fingerprint density at radius 2 is 2.16 bits per heavy atom. The highest BCUT2D eigenvalue weighted by Gasteiger charge is 2.38. The van der Waals surface area contributed by atoms with E-state index in [4.69, 9.17) is 17.3 Å². The van der Waals surface area contributed by atoms with Crippen molar-refractivity contribution < 1.29 is 4.79 Å². The molecule has 0 bridgehead atoms. The number of anilines is 1. The second kappa shape index (κ2) is 5.02. The smallest absolute Gasteiger partial charge is 0.245 e. The first-order valence-electron chi connectivity index (χ1n) is 6.45. The van der Waals surface area contributed by atoms with Crippen molar-refractivity contribution in [1.82, 2.24) is 5.32 Å².